The van der Waals surface area contributed by atoms with Crippen LogP contribution in [0.25, 0.3) is 0 Å². The Bertz CT molecular complexity index is 1050. The van der Waals surface area contributed by atoms with E-state index in [4.69, 9.17) is 11.6 Å². The van der Waals surface area contributed by atoms with E-state index in [0.29, 0.717) is 36.1 Å². The summed E-state index contributed by atoms with van der Waals surface area (Å²) in [5.74, 6) is 1.65. The molecule has 3 heterocycles. The molecule has 7 nitrogen and oxygen atoms in total. The molecule has 2 N–H and O–H groups in total. The molecule has 188 valence electrons. The number of halogens is 2. The molecule has 0 bridgehead atoms. The Morgan fingerprint density at radius 1 is 1.11 bits per heavy atom. The Morgan fingerprint density at radius 3 is 2.37 bits per heavy atom. The molecule has 2 fully saturated rings. The van der Waals surface area contributed by atoms with Gasteiger partial charge >= 0.3 is 0 Å². The zero-order valence-corrected chi connectivity index (χ0v) is 22.3. The molecule has 1 aromatic heterocycles. The Labute approximate surface area is 220 Å². The van der Waals surface area contributed by atoms with Gasteiger partial charge in [0.05, 0.1) is 5.56 Å². The molecule has 1 atom stereocenters. The third kappa shape index (κ3) is 6.35. The van der Waals surface area contributed by atoms with Gasteiger partial charge in [0.2, 0.25) is 0 Å². The number of carbonyl (C=O) groups excluding carboxylic acids is 2. The molecule has 4 rings (SSSR count). The fourth-order valence-electron chi connectivity index (χ4n) is 5.16. The molecule has 0 saturated carbocycles. The van der Waals surface area contributed by atoms with Gasteiger partial charge in [-0.05, 0) is 73.8 Å². The quantitative estimate of drug-likeness (QED) is 0.508. The van der Waals surface area contributed by atoms with Crippen molar-refractivity contribution in [2.75, 3.05) is 38.1 Å². The average molecular weight is 564 g/mol. The number of carbonyl (C=O) groups is 2. The van der Waals surface area contributed by atoms with Crippen LogP contribution in [0, 0.1) is 11.8 Å². The van der Waals surface area contributed by atoms with Crippen LogP contribution in [0.15, 0.2) is 40.9 Å². The van der Waals surface area contributed by atoms with Gasteiger partial charge in [-0.15, -0.1) is 0 Å². The van der Waals surface area contributed by atoms with Gasteiger partial charge in [-0.2, -0.15) is 0 Å². The molecule has 2 aliphatic rings. The van der Waals surface area contributed by atoms with E-state index in [-0.39, 0.29) is 17.0 Å². The lowest BCUT2D eigenvalue weighted by Crippen LogP contribution is -2.42. The normalized spacial score (nSPS) is 18.4. The number of hydrogen-bond donors (Lipinski definition) is 2. The number of likely N-dealkylation sites (tertiary alicyclic amines) is 1. The smallest absolute Gasteiger partial charge is 0.256 e. The highest BCUT2D eigenvalue weighted by molar-refractivity contribution is 9.10. The van der Waals surface area contributed by atoms with E-state index in [1.54, 1.807) is 25.2 Å². The van der Waals surface area contributed by atoms with Gasteiger partial charge in [-0.1, -0.05) is 39.7 Å². The molecule has 2 saturated heterocycles. The third-order valence-corrected chi connectivity index (χ3v) is 8.02. The van der Waals surface area contributed by atoms with Crippen LogP contribution in [0.2, 0.25) is 5.15 Å². The molecule has 0 radical (unpaired) electrons. The summed E-state index contributed by atoms with van der Waals surface area (Å²) in [7, 11) is 1.58. The van der Waals surface area contributed by atoms with Crippen molar-refractivity contribution in [3.05, 3.63) is 57.2 Å². The number of nitrogens with zero attached hydrogens (tertiary/aromatic N) is 3. The molecular weight excluding hydrogens is 532 g/mol. The number of nitrogens with one attached hydrogen (secondary N) is 1. The van der Waals surface area contributed by atoms with Crippen molar-refractivity contribution in [1.82, 2.24) is 15.2 Å². The number of aromatic nitrogens is 1. The lowest BCUT2D eigenvalue weighted by Gasteiger charge is -2.37. The molecule has 2 aliphatic heterocycles. The van der Waals surface area contributed by atoms with Crippen LogP contribution in [0.5, 0.6) is 0 Å². The number of benzene rings is 1. The molecule has 0 spiro atoms. The highest BCUT2D eigenvalue weighted by atomic mass is 79.9. The first-order valence-corrected chi connectivity index (χ1v) is 13.4. The van der Waals surface area contributed by atoms with E-state index in [1.165, 1.54) is 6.42 Å². The van der Waals surface area contributed by atoms with Crippen LogP contribution in [0.1, 0.15) is 54.1 Å². The standard InChI is InChI=1S/C26H32BrClN4O3/c1-29-25(34)21-5-6-22(30-24(21)28)31-11-7-17(8-12-31)15-18-9-13-32(14-10-18)26(35)23(33)19-3-2-4-20(27)16-19/h2-6,16-18,23,33H,7-15H2,1H3,(H,29,34). The number of rotatable bonds is 6. The maximum Gasteiger partial charge on any atom is 0.256 e. The molecule has 9 heteroatoms. The fraction of sp³-hybridized carbons (Fsp3) is 0.500. The third-order valence-electron chi connectivity index (χ3n) is 7.24. The molecule has 2 amide bonds. The van der Waals surface area contributed by atoms with Crippen LogP contribution in [-0.2, 0) is 4.79 Å². The molecule has 0 aliphatic carbocycles. The van der Waals surface area contributed by atoms with Gasteiger partial charge in [-0.25, -0.2) is 4.98 Å². The number of anilines is 1. The summed E-state index contributed by atoms with van der Waals surface area (Å²) >= 11 is 9.63. The highest BCUT2D eigenvalue weighted by Crippen LogP contribution is 2.32. The highest BCUT2D eigenvalue weighted by Gasteiger charge is 2.30. The average Bonchev–Trinajstić information content (AvgIpc) is 2.88. The minimum absolute atomic E-state index is 0.205. The molecular formula is C26H32BrClN4O3. The monoisotopic (exact) mass is 562 g/mol. The summed E-state index contributed by atoms with van der Waals surface area (Å²) in [6.45, 7) is 3.24. The number of piperidine rings is 2. The van der Waals surface area contributed by atoms with E-state index >= 15 is 0 Å². The predicted octanol–water partition coefficient (Wildman–Crippen LogP) is 4.44. The van der Waals surface area contributed by atoms with Crippen molar-refractivity contribution >= 4 is 45.2 Å². The largest absolute Gasteiger partial charge is 0.378 e. The maximum absolute atomic E-state index is 12.8. The van der Waals surface area contributed by atoms with Gasteiger partial charge in [0.1, 0.15) is 11.0 Å². The van der Waals surface area contributed by atoms with Gasteiger partial charge < -0.3 is 20.2 Å². The Kier molecular flexibility index (Phi) is 8.68. The summed E-state index contributed by atoms with van der Waals surface area (Å²) in [6, 6.07) is 10.9. The van der Waals surface area contributed by atoms with Gasteiger partial charge in [0, 0.05) is 37.7 Å². The first-order valence-electron chi connectivity index (χ1n) is 12.2. The summed E-state index contributed by atoms with van der Waals surface area (Å²) < 4.78 is 0.853. The SMILES string of the molecule is CNC(=O)c1ccc(N2CCC(CC3CCN(C(=O)C(O)c4cccc(Br)c4)CC3)CC2)nc1Cl. The number of pyridine rings is 1. The van der Waals surface area contributed by atoms with Crippen molar-refractivity contribution in [3.8, 4) is 0 Å². The Balaban J connectivity index is 1.23. The second-order valence-electron chi connectivity index (χ2n) is 9.48. The van der Waals surface area contributed by atoms with Gasteiger partial charge in [0.15, 0.2) is 6.10 Å². The zero-order chi connectivity index (χ0) is 24.9. The lowest BCUT2D eigenvalue weighted by atomic mass is 9.82. The van der Waals surface area contributed by atoms with E-state index < -0.39 is 6.10 Å². The number of hydrogen-bond acceptors (Lipinski definition) is 5. The number of aliphatic hydroxyl groups is 1. The lowest BCUT2D eigenvalue weighted by molar-refractivity contribution is -0.142. The minimum Gasteiger partial charge on any atom is -0.378 e. The zero-order valence-electron chi connectivity index (χ0n) is 19.9. The Morgan fingerprint density at radius 2 is 1.77 bits per heavy atom. The van der Waals surface area contributed by atoms with Crippen molar-refractivity contribution in [2.45, 2.75) is 38.2 Å². The maximum atomic E-state index is 12.8. The van der Waals surface area contributed by atoms with E-state index in [1.807, 2.05) is 23.1 Å². The van der Waals surface area contributed by atoms with E-state index in [2.05, 4.69) is 31.1 Å². The van der Waals surface area contributed by atoms with Crippen molar-refractivity contribution in [2.24, 2.45) is 11.8 Å². The van der Waals surface area contributed by atoms with Crippen molar-refractivity contribution in [1.29, 1.82) is 0 Å². The molecule has 1 unspecified atom stereocenters. The van der Waals surface area contributed by atoms with E-state index in [9.17, 15) is 14.7 Å². The van der Waals surface area contributed by atoms with Gasteiger partial charge in [0.25, 0.3) is 11.8 Å². The first kappa shape index (κ1) is 25.9. The van der Waals surface area contributed by atoms with Crippen molar-refractivity contribution < 1.29 is 14.7 Å². The molecule has 2 aromatic rings. The summed E-state index contributed by atoms with van der Waals surface area (Å²) in [6.07, 6.45) is 4.22. The predicted molar refractivity (Wildman–Crippen MR) is 141 cm³/mol. The van der Waals surface area contributed by atoms with Crippen LogP contribution >= 0.6 is 27.5 Å². The first-order chi connectivity index (χ1) is 16.9. The van der Waals surface area contributed by atoms with Crippen LogP contribution < -0.4 is 10.2 Å². The van der Waals surface area contributed by atoms with E-state index in [0.717, 1.165) is 49.1 Å². The van der Waals surface area contributed by atoms with Crippen LogP contribution in [0.4, 0.5) is 5.82 Å². The number of aliphatic hydroxyl groups excluding tert-OH is 1. The number of amides is 2. The molecule has 1 aromatic carbocycles. The second kappa shape index (κ2) is 11.7. The van der Waals surface area contributed by atoms with Crippen LogP contribution in [-0.4, -0.2) is 60.0 Å². The topological polar surface area (TPSA) is 85.8 Å². The summed E-state index contributed by atoms with van der Waals surface area (Å²) in [4.78, 5) is 33.1. The van der Waals surface area contributed by atoms with Gasteiger partial charge in [-0.3, -0.25) is 9.59 Å². The van der Waals surface area contributed by atoms with Crippen molar-refractivity contribution in [3.63, 3.8) is 0 Å². The minimum atomic E-state index is -1.11. The summed E-state index contributed by atoms with van der Waals surface area (Å²) in [5, 5.41) is 13.3. The summed E-state index contributed by atoms with van der Waals surface area (Å²) in [5.41, 5.74) is 1.01. The molecule has 35 heavy (non-hydrogen) atoms. The Hall–Kier alpha value is -2.16. The fourth-order valence-corrected chi connectivity index (χ4v) is 5.81. The van der Waals surface area contributed by atoms with Crippen LogP contribution in [0.3, 0.4) is 0 Å². The second-order valence-corrected chi connectivity index (χ2v) is 10.8.